The number of nitrogens with one attached hydrogen (secondary N) is 1. The quantitative estimate of drug-likeness (QED) is 0.134. The fourth-order valence-corrected chi connectivity index (χ4v) is 4.35. The maximum atomic E-state index is 12.7. The highest BCUT2D eigenvalue weighted by atomic mass is 16.7. The van der Waals surface area contributed by atoms with E-state index in [1.807, 2.05) is 30.3 Å². The van der Waals surface area contributed by atoms with Crippen LogP contribution in [-0.2, 0) is 40.2 Å². The van der Waals surface area contributed by atoms with E-state index in [2.05, 4.69) is 12.2 Å². The Morgan fingerprint density at radius 1 is 0.821 bits per heavy atom. The van der Waals surface area contributed by atoms with Crippen molar-refractivity contribution in [2.75, 3.05) is 0 Å². The monoisotopic (exact) mass is 544 g/mol. The summed E-state index contributed by atoms with van der Waals surface area (Å²) in [6.45, 7) is 2.31. The summed E-state index contributed by atoms with van der Waals surface area (Å²) in [5.41, 5.74) is 0.827. The lowest BCUT2D eigenvalue weighted by atomic mass is 10.0. The van der Waals surface area contributed by atoms with E-state index in [0.29, 0.717) is 11.5 Å². The second-order valence-electron chi connectivity index (χ2n) is 10.1. The van der Waals surface area contributed by atoms with Crippen LogP contribution in [0.4, 0.5) is 0 Å². The summed E-state index contributed by atoms with van der Waals surface area (Å²) in [5.74, 6) is -3.06. The van der Waals surface area contributed by atoms with Gasteiger partial charge in [0.15, 0.2) is 0 Å². The predicted octanol–water partition coefficient (Wildman–Crippen LogP) is 5.30. The van der Waals surface area contributed by atoms with Crippen LogP contribution < -0.4 is 5.32 Å². The normalized spacial score (nSPS) is 13.8. The van der Waals surface area contributed by atoms with E-state index in [1.54, 1.807) is 0 Å². The van der Waals surface area contributed by atoms with Gasteiger partial charge in [-0.3, -0.25) is 19.2 Å². The lowest BCUT2D eigenvalue weighted by Crippen LogP contribution is -2.45. The molecule has 0 bridgehead atoms. The van der Waals surface area contributed by atoms with Crippen LogP contribution in [0.15, 0.2) is 30.3 Å². The first-order valence-corrected chi connectivity index (χ1v) is 14.5. The van der Waals surface area contributed by atoms with Crippen LogP contribution in [0.2, 0.25) is 0 Å². The maximum Gasteiger partial charge on any atom is 0.355 e. The van der Waals surface area contributed by atoms with Gasteiger partial charge in [0, 0.05) is 25.7 Å². The highest BCUT2D eigenvalue weighted by Gasteiger charge is 2.35. The summed E-state index contributed by atoms with van der Waals surface area (Å²) >= 11 is 0. The van der Waals surface area contributed by atoms with Crippen molar-refractivity contribution in [1.29, 1.82) is 0 Å². The number of imide groups is 1. The van der Waals surface area contributed by atoms with E-state index in [4.69, 9.17) is 9.57 Å². The standard InChI is InChI=1S/C30H44N2O7/c1-2-3-4-5-6-7-8-9-10-11-15-18-26(33)31-25(30(37)39-32-27(34)20-21-28(32)35)19-22-29(36)38-23-24-16-13-12-14-17-24/h12-14,16-17,25H,2-11,15,18-23H2,1H3,(H,31,33). The molecule has 0 radical (unpaired) electrons. The van der Waals surface area contributed by atoms with Crippen LogP contribution in [-0.4, -0.2) is 40.8 Å². The first kappa shape index (κ1) is 32.0. The lowest BCUT2D eigenvalue weighted by molar-refractivity contribution is -0.199. The van der Waals surface area contributed by atoms with Crippen LogP contribution >= 0.6 is 0 Å². The first-order valence-electron chi connectivity index (χ1n) is 14.5. The molecule has 0 aliphatic carbocycles. The van der Waals surface area contributed by atoms with Crippen molar-refractivity contribution in [3.05, 3.63) is 35.9 Å². The predicted molar refractivity (Wildman–Crippen MR) is 146 cm³/mol. The minimum Gasteiger partial charge on any atom is -0.461 e. The average Bonchev–Trinajstić information content (AvgIpc) is 3.25. The topological polar surface area (TPSA) is 119 Å². The number of hydroxylamine groups is 2. The van der Waals surface area contributed by atoms with Gasteiger partial charge in [-0.05, 0) is 18.4 Å². The summed E-state index contributed by atoms with van der Waals surface area (Å²) in [4.78, 5) is 66.2. The van der Waals surface area contributed by atoms with Gasteiger partial charge in [0.05, 0.1) is 0 Å². The Morgan fingerprint density at radius 2 is 1.38 bits per heavy atom. The summed E-state index contributed by atoms with van der Waals surface area (Å²) in [6.07, 6.45) is 12.7. The SMILES string of the molecule is CCCCCCCCCCCCCC(=O)NC(CCC(=O)OCc1ccccc1)C(=O)ON1C(=O)CCC1=O. The van der Waals surface area contributed by atoms with Crippen LogP contribution in [0.1, 0.15) is 115 Å². The maximum absolute atomic E-state index is 12.7. The molecule has 1 aliphatic heterocycles. The third kappa shape index (κ3) is 13.4. The van der Waals surface area contributed by atoms with Gasteiger partial charge in [-0.15, -0.1) is 5.06 Å². The zero-order valence-corrected chi connectivity index (χ0v) is 23.3. The number of rotatable bonds is 20. The fourth-order valence-electron chi connectivity index (χ4n) is 4.35. The molecule has 1 atom stereocenters. The minimum absolute atomic E-state index is 0.0339. The Balaban J connectivity index is 1.74. The molecule has 1 aromatic carbocycles. The molecule has 39 heavy (non-hydrogen) atoms. The van der Waals surface area contributed by atoms with Crippen LogP contribution in [0.25, 0.3) is 0 Å². The lowest BCUT2D eigenvalue weighted by Gasteiger charge is -2.20. The number of carbonyl (C=O) groups is 5. The molecule has 1 heterocycles. The molecule has 0 saturated carbocycles. The third-order valence-electron chi connectivity index (χ3n) is 6.69. The highest BCUT2D eigenvalue weighted by Crippen LogP contribution is 2.15. The number of carbonyl (C=O) groups excluding carboxylic acids is 5. The van der Waals surface area contributed by atoms with E-state index >= 15 is 0 Å². The van der Waals surface area contributed by atoms with Crippen LogP contribution in [0, 0.1) is 0 Å². The molecule has 216 valence electrons. The number of benzene rings is 1. The molecule has 2 rings (SSSR count). The molecule has 9 heteroatoms. The van der Waals surface area contributed by atoms with Crippen molar-refractivity contribution < 1.29 is 33.5 Å². The minimum atomic E-state index is -1.18. The molecule has 3 amide bonds. The van der Waals surface area contributed by atoms with Gasteiger partial charge in [0.25, 0.3) is 11.8 Å². The molecule has 1 fully saturated rings. The molecular weight excluding hydrogens is 500 g/mol. The Bertz CT molecular complexity index is 903. The number of hydrogen-bond donors (Lipinski definition) is 1. The van der Waals surface area contributed by atoms with Gasteiger partial charge < -0.3 is 14.9 Å². The number of amides is 3. The number of esters is 1. The zero-order valence-electron chi connectivity index (χ0n) is 23.3. The number of unbranched alkanes of at least 4 members (excludes halogenated alkanes) is 10. The van der Waals surface area contributed by atoms with Gasteiger partial charge in [0.2, 0.25) is 5.91 Å². The number of hydrogen-bond acceptors (Lipinski definition) is 7. The van der Waals surface area contributed by atoms with Crippen molar-refractivity contribution in [1.82, 2.24) is 10.4 Å². The largest absolute Gasteiger partial charge is 0.461 e. The molecule has 0 aromatic heterocycles. The van der Waals surface area contributed by atoms with Gasteiger partial charge >= 0.3 is 11.9 Å². The van der Waals surface area contributed by atoms with Gasteiger partial charge in [-0.1, -0.05) is 101 Å². The molecule has 9 nitrogen and oxygen atoms in total. The number of ether oxygens (including phenoxy) is 1. The molecule has 1 aliphatic rings. The summed E-state index contributed by atoms with van der Waals surface area (Å²) in [5, 5.41) is 3.06. The van der Waals surface area contributed by atoms with Crippen molar-refractivity contribution in [3.8, 4) is 0 Å². The van der Waals surface area contributed by atoms with Gasteiger partial charge in [-0.25, -0.2) is 4.79 Å². The van der Waals surface area contributed by atoms with Gasteiger partial charge in [-0.2, -0.15) is 0 Å². The van der Waals surface area contributed by atoms with E-state index in [-0.39, 0.29) is 44.6 Å². The fraction of sp³-hybridized carbons (Fsp3) is 0.633. The van der Waals surface area contributed by atoms with E-state index in [1.165, 1.54) is 44.9 Å². The average molecular weight is 545 g/mol. The summed E-state index contributed by atoms with van der Waals surface area (Å²) in [7, 11) is 0. The Hall–Kier alpha value is -3.23. The zero-order chi connectivity index (χ0) is 28.3. The van der Waals surface area contributed by atoms with E-state index in [9.17, 15) is 24.0 Å². The van der Waals surface area contributed by atoms with Crippen LogP contribution in [0.5, 0.6) is 0 Å². The van der Waals surface area contributed by atoms with Crippen molar-refractivity contribution in [3.63, 3.8) is 0 Å². The molecule has 1 unspecified atom stereocenters. The summed E-state index contributed by atoms with van der Waals surface area (Å²) in [6, 6.07) is 7.99. The second kappa shape index (κ2) is 18.9. The van der Waals surface area contributed by atoms with Gasteiger partial charge in [0.1, 0.15) is 12.6 Å². The van der Waals surface area contributed by atoms with Crippen molar-refractivity contribution >= 4 is 29.7 Å². The Morgan fingerprint density at radius 3 is 1.97 bits per heavy atom. The number of nitrogens with zero attached hydrogens (tertiary/aromatic N) is 1. The highest BCUT2D eigenvalue weighted by molar-refractivity contribution is 6.02. The van der Waals surface area contributed by atoms with Crippen LogP contribution in [0.3, 0.4) is 0 Å². The molecule has 1 aromatic rings. The first-order chi connectivity index (χ1) is 18.9. The molecule has 1 N–H and O–H groups in total. The smallest absolute Gasteiger partial charge is 0.355 e. The summed E-state index contributed by atoms with van der Waals surface area (Å²) < 4.78 is 5.25. The Kier molecular flexibility index (Phi) is 15.5. The second-order valence-corrected chi connectivity index (χ2v) is 10.1. The van der Waals surface area contributed by atoms with Crippen molar-refractivity contribution in [2.24, 2.45) is 0 Å². The van der Waals surface area contributed by atoms with Crippen molar-refractivity contribution in [2.45, 2.75) is 122 Å². The van der Waals surface area contributed by atoms with E-state index < -0.39 is 29.8 Å². The molecular formula is C30H44N2O7. The van der Waals surface area contributed by atoms with E-state index in [0.717, 1.165) is 24.8 Å². The Labute approximate surface area is 231 Å². The third-order valence-corrected chi connectivity index (χ3v) is 6.69. The molecule has 1 saturated heterocycles. The molecule has 0 spiro atoms.